The van der Waals surface area contributed by atoms with Crippen molar-refractivity contribution < 1.29 is 12.8 Å². The summed E-state index contributed by atoms with van der Waals surface area (Å²) in [6.45, 7) is 2.66. The van der Waals surface area contributed by atoms with Gasteiger partial charge >= 0.3 is 0 Å². The summed E-state index contributed by atoms with van der Waals surface area (Å²) >= 11 is 0. The lowest BCUT2D eigenvalue weighted by Crippen LogP contribution is -2.26. The summed E-state index contributed by atoms with van der Waals surface area (Å²) < 4.78 is 26.9. The normalized spacial score (nSPS) is 19.1. The zero-order valence-electron chi connectivity index (χ0n) is 8.49. The van der Waals surface area contributed by atoms with Crippen LogP contribution < -0.4 is 10.5 Å². The highest BCUT2D eigenvalue weighted by atomic mass is 32.2. The molecule has 1 aromatic heterocycles. The van der Waals surface area contributed by atoms with Crippen molar-refractivity contribution >= 4 is 10.0 Å². The molecule has 0 spiro atoms. The summed E-state index contributed by atoms with van der Waals surface area (Å²) in [7, 11) is -3.71. The molecule has 84 valence electrons. The van der Waals surface area contributed by atoms with Crippen molar-refractivity contribution in [2.75, 3.05) is 0 Å². The standard InChI is InChI=1S/C9H14N2O3S/c1-9(4-5-9)11-6-7-2-3-8(14-7)15(10,12)13/h2-3,11H,4-6H2,1H3,(H2,10,12,13). The van der Waals surface area contributed by atoms with Gasteiger partial charge in [-0.15, -0.1) is 0 Å². The van der Waals surface area contributed by atoms with Crippen molar-refractivity contribution in [3.05, 3.63) is 17.9 Å². The lowest BCUT2D eigenvalue weighted by Gasteiger charge is -2.08. The Hall–Kier alpha value is -0.850. The molecule has 1 saturated carbocycles. The monoisotopic (exact) mass is 230 g/mol. The van der Waals surface area contributed by atoms with E-state index in [2.05, 4.69) is 12.2 Å². The number of nitrogens with one attached hydrogen (secondary N) is 1. The van der Waals surface area contributed by atoms with E-state index < -0.39 is 10.0 Å². The number of furan rings is 1. The molecule has 6 heteroatoms. The quantitative estimate of drug-likeness (QED) is 0.791. The molecule has 0 radical (unpaired) electrons. The van der Waals surface area contributed by atoms with Crippen molar-refractivity contribution in [1.82, 2.24) is 5.32 Å². The summed E-state index contributed by atoms with van der Waals surface area (Å²) in [4.78, 5) is 0. The second-order valence-corrected chi connectivity index (χ2v) is 5.67. The van der Waals surface area contributed by atoms with Gasteiger partial charge in [-0.1, -0.05) is 0 Å². The first kappa shape index (κ1) is 10.7. The molecule has 1 heterocycles. The smallest absolute Gasteiger partial charge is 0.271 e. The third-order valence-corrected chi connectivity index (χ3v) is 3.39. The van der Waals surface area contributed by atoms with Gasteiger partial charge in [-0.2, -0.15) is 0 Å². The minimum atomic E-state index is -3.71. The molecule has 0 bridgehead atoms. The van der Waals surface area contributed by atoms with Gasteiger partial charge in [0.2, 0.25) is 5.09 Å². The molecular weight excluding hydrogens is 216 g/mol. The Labute approximate surface area is 88.7 Å². The van der Waals surface area contributed by atoms with Crippen LogP contribution in [0.3, 0.4) is 0 Å². The van der Waals surface area contributed by atoms with E-state index in [1.54, 1.807) is 6.07 Å². The number of nitrogens with two attached hydrogens (primary N) is 1. The Morgan fingerprint density at radius 1 is 1.53 bits per heavy atom. The van der Waals surface area contributed by atoms with Crippen molar-refractivity contribution in [2.24, 2.45) is 5.14 Å². The fourth-order valence-electron chi connectivity index (χ4n) is 1.27. The van der Waals surface area contributed by atoms with Crippen LogP contribution in [-0.4, -0.2) is 14.0 Å². The summed E-state index contributed by atoms with van der Waals surface area (Å²) in [6.07, 6.45) is 2.30. The number of hydrogen-bond acceptors (Lipinski definition) is 4. The van der Waals surface area contributed by atoms with Gasteiger partial charge in [-0.25, -0.2) is 13.6 Å². The van der Waals surface area contributed by atoms with Gasteiger partial charge in [0.05, 0.1) is 6.54 Å². The van der Waals surface area contributed by atoms with Crippen LogP contribution in [0.5, 0.6) is 0 Å². The minimum absolute atomic E-state index is 0.180. The molecule has 1 aromatic rings. The molecule has 0 amide bonds. The van der Waals surface area contributed by atoms with E-state index in [0.717, 1.165) is 12.8 Å². The maximum atomic E-state index is 10.9. The molecule has 1 aliphatic carbocycles. The van der Waals surface area contributed by atoms with Crippen LogP contribution in [0.4, 0.5) is 0 Å². The first-order valence-electron chi connectivity index (χ1n) is 4.76. The van der Waals surface area contributed by atoms with Gasteiger partial charge in [0.15, 0.2) is 0 Å². The highest BCUT2D eigenvalue weighted by Crippen LogP contribution is 2.34. The van der Waals surface area contributed by atoms with Crippen molar-refractivity contribution in [3.63, 3.8) is 0 Å². The van der Waals surface area contributed by atoms with Gasteiger partial charge < -0.3 is 9.73 Å². The topological polar surface area (TPSA) is 85.3 Å². The minimum Gasteiger partial charge on any atom is -0.447 e. The predicted molar refractivity (Wildman–Crippen MR) is 54.6 cm³/mol. The Morgan fingerprint density at radius 2 is 2.20 bits per heavy atom. The molecule has 1 fully saturated rings. The van der Waals surface area contributed by atoms with E-state index in [1.165, 1.54) is 6.07 Å². The summed E-state index contributed by atoms with van der Waals surface area (Å²) in [5, 5.41) is 8.03. The van der Waals surface area contributed by atoms with Gasteiger partial charge in [0.25, 0.3) is 10.0 Å². The van der Waals surface area contributed by atoms with E-state index in [0.29, 0.717) is 12.3 Å². The average molecular weight is 230 g/mol. The van der Waals surface area contributed by atoms with E-state index in [4.69, 9.17) is 9.56 Å². The van der Waals surface area contributed by atoms with E-state index >= 15 is 0 Å². The summed E-state index contributed by atoms with van der Waals surface area (Å²) in [5.74, 6) is 0.590. The molecule has 1 aliphatic rings. The molecule has 0 unspecified atom stereocenters. The maximum absolute atomic E-state index is 10.9. The Kier molecular flexibility index (Phi) is 2.37. The fraction of sp³-hybridized carbons (Fsp3) is 0.556. The molecule has 0 aliphatic heterocycles. The summed E-state index contributed by atoms with van der Waals surface area (Å²) in [6, 6.07) is 3.00. The molecule has 15 heavy (non-hydrogen) atoms. The molecule has 3 N–H and O–H groups in total. The molecule has 0 atom stereocenters. The summed E-state index contributed by atoms with van der Waals surface area (Å²) in [5.41, 5.74) is 0.203. The van der Waals surface area contributed by atoms with Gasteiger partial charge in [-0.3, -0.25) is 0 Å². The van der Waals surface area contributed by atoms with Gasteiger partial charge in [0.1, 0.15) is 5.76 Å². The number of rotatable bonds is 4. The zero-order chi connectivity index (χ0) is 11.1. The Morgan fingerprint density at radius 3 is 2.67 bits per heavy atom. The van der Waals surface area contributed by atoms with Crippen molar-refractivity contribution in [3.8, 4) is 0 Å². The zero-order valence-corrected chi connectivity index (χ0v) is 9.30. The van der Waals surface area contributed by atoms with Crippen molar-refractivity contribution in [2.45, 2.75) is 36.9 Å². The van der Waals surface area contributed by atoms with Crippen LogP contribution in [-0.2, 0) is 16.6 Å². The Bertz CT molecular complexity index is 459. The Balaban J connectivity index is 2.01. The first-order valence-corrected chi connectivity index (χ1v) is 6.30. The van der Waals surface area contributed by atoms with Crippen LogP contribution in [0.1, 0.15) is 25.5 Å². The predicted octanol–water partition coefficient (Wildman–Crippen LogP) is 0.569. The largest absolute Gasteiger partial charge is 0.447 e. The molecule has 5 nitrogen and oxygen atoms in total. The molecule has 2 rings (SSSR count). The SMILES string of the molecule is CC1(NCc2ccc(S(N)(=O)=O)o2)CC1. The van der Waals surface area contributed by atoms with Crippen LogP contribution in [0.25, 0.3) is 0 Å². The number of sulfonamides is 1. The highest BCUT2D eigenvalue weighted by molar-refractivity contribution is 7.89. The average Bonchev–Trinajstić information content (AvgIpc) is 2.66. The van der Waals surface area contributed by atoms with Gasteiger partial charge in [0, 0.05) is 5.54 Å². The van der Waals surface area contributed by atoms with Crippen molar-refractivity contribution in [1.29, 1.82) is 0 Å². The van der Waals surface area contributed by atoms with E-state index in [1.807, 2.05) is 0 Å². The maximum Gasteiger partial charge on any atom is 0.271 e. The fourth-order valence-corrected chi connectivity index (χ4v) is 1.75. The van der Waals surface area contributed by atoms with E-state index in [9.17, 15) is 8.42 Å². The van der Waals surface area contributed by atoms with Crippen LogP contribution in [0.15, 0.2) is 21.6 Å². The second-order valence-electron chi connectivity index (χ2n) is 4.18. The van der Waals surface area contributed by atoms with Crippen LogP contribution in [0.2, 0.25) is 0 Å². The van der Waals surface area contributed by atoms with Crippen LogP contribution >= 0.6 is 0 Å². The van der Waals surface area contributed by atoms with Gasteiger partial charge in [-0.05, 0) is 31.9 Å². The third-order valence-electron chi connectivity index (χ3n) is 2.61. The highest BCUT2D eigenvalue weighted by Gasteiger charge is 2.36. The first-order chi connectivity index (χ1) is 6.89. The lowest BCUT2D eigenvalue weighted by molar-refractivity contribution is 0.389. The molecule has 0 saturated heterocycles. The molecule has 0 aromatic carbocycles. The number of hydrogen-bond donors (Lipinski definition) is 2. The third kappa shape index (κ3) is 2.58. The molecular formula is C9H14N2O3S. The van der Waals surface area contributed by atoms with Crippen LogP contribution in [0, 0.1) is 0 Å². The number of primary sulfonamides is 1. The second kappa shape index (κ2) is 3.33. The van der Waals surface area contributed by atoms with E-state index in [-0.39, 0.29) is 10.6 Å². The lowest BCUT2D eigenvalue weighted by atomic mass is 10.3.